The molecule has 0 bridgehead atoms. The summed E-state index contributed by atoms with van der Waals surface area (Å²) in [6.07, 6.45) is 10.9. The number of nitriles is 1. The predicted molar refractivity (Wildman–Crippen MR) is 103 cm³/mol. The normalized spacial score (nSPS) is 48.0. The van der Waals surface area contributed by atoms with Crippen LogP contribution < -0.4 is 5.32 Å². The fourth-order valence-electron chi connectivity index (χ4n) is 7.74. The first-order valence-corrected chi connectivity index (χ1v) is 10.9. The van der Waals surface area contributed by atoms with Crippen LogP contribution in [-0.2, 0) is 4.79 Å². The van der Waals surface area contributed by atoms with Crippen LogP contribution in [0.5, 0.6) is 0 Å². The molecule has 4 fully saturated rings. The average Bonchev–Trinajstić information content (AvgIpc) is 2.96. The van der Waals surface area contributed by atoms with Gasteiger partial charge < -0.3 is 5.32 Å². The van der Waals surface area contributed by atoms with E-state index in [1.165, 1.54) is 38.5 Å². The van der Waals surface area contributed by atoms with Crippen LogP contribution in [0.2, 0.25) is 0 Å². The molecule has 1 saturated heterocycles. The standard InChI is InChI=1S/C23H36N2O/c1-21(2,12-13-24)18-14-23(4)17-9-11-22(3)10-5-6-16(22)15(17)7-8-19(23)25-20(18)26/h15-19H,5-12,14H2,1-4H3,(H,25,26)/t15-,16-,17-,18?,19+,22-,23+/m0/s1. The highest BCUT2D eigenvalue weighted by Crippen LogP contribution is 2.64. The Kier molecular flexibility index (Phi) is 4.22. The van der Waals surface area contributed by atoms with E-state index in [0.717, 1.165) is 30.6 Å². The Morgan fingerprint density at radius 3 is 2.65 bits per heavy atom. The second kappa shape index (κ2) is 5.98. The molecule has 4 rings (SSSR count). The third-order valence-electron chi connectivity index (χ3n) is 9.40. The molecule has 0 aromatic rings. The smallest absolute Gasteiger partial charge is 0.223 e. The molecule has 1 amide bonds. The van der Waals surface area contributed by atoms with Crippen molar-refractivity contribution in [1.29, 1.82) is 5.26 Å². The molecule has 3 heteroatoms. The van der Waals surface area contributed by atoms with Gasteiger partial charge in [-0.15, -0.1) is 0 Å². The lowest BCUT2D eigenvalue weighted by Gasteiger charge is -2.61. The van der Waals surface area contributed by atoms with E-state index < -0.39 is 0 Å². The van der Waals surface area contributed by atoms with E-state index in [9.17, 15) is 10.1 Å². The van der Waals surface area contributed by atoms with Gasteiger partial charge in [-0.3, -0.25) is 4.79 Å². The van der Waals surface area contributed by atoms with E-state index in [4.69, 9.17) is 0 Å². The maximum atomic E-state index is 12.9. The minimum absolute atomic E-state index is 0.0287. The first kappa shape index (κ1) is 18.3. The second-order valence-electron chi connectivity index (χ2n) is 11.2. The molecule has 0 aromatic carbocycles. The Balaban J connectivity index is 1.63. The van der Waals surface area contributed by atoms with Crippen molar-refractivity contribution in [3.63, 3.8) is 0 Å². The average molecular weight is 357 g/mol. The van der Waals surface area contributed by atoms with Crippen molar-refractivity contribution in [3.05, 3.63) is 0 Å². The van der Waals surface area contributed by atoms with E-state index in [2.05, 4.69) is 39.1 Å². The van der Waals surface area contributed by atoms with Gasteiger partial charge in [0.1, 0.15) is 0 Å². The van der Waals surface area contributed by atoms with Crippen molar-refractivity contribution in [1.82, 2.24) is 5.32 Å². The molecule has 7 atom stereocenters. The number of rotatable bonds is 2. The lowest BCUT2D eigenvalue weighted by Crippen LogP contribution is -2.64. The third-order valence-corrected chi connectivity index (χ3v) is 9.40. The summed E-state index contributed by atoms with van der Waals surface area (Å²) in [4.78, 5) is 12.9. The van der Waals surface area contributed by atoms with Crippen LogP contribution in [0.15, 0.2) is 0 Å². The molecule has 4 aliphatic rings. The molecule has 1 heterocycles. The van der Waals surface area contributed by atoms with Crippen LogP contribution in [-0.4, -0.2) is 11.9 Å². The van der Waals surface area contributed by atoms with Crippen LogP contribution >= 0.6 is 0 Å². The van der Waals surface area contributed by atoms with E-state index in [0.29, 0.717) is 17.9 Å². The fraction of sp³-hybridized carbons (Fsp3) is 0.913. The van der Waals surface area contributed by atoms with Gasteiger partial charge in [0.15, 0.2) is 0 Å². The van der Waals surface area contributed by atoms with Crippen molar-refractivity contribution in [2.75, 3.05) is 0 Å². The first-order valence-electron chi connectivity index (χ1n) is 10.9. The van der Waals surface area contributed by atoms with Crippen molar-refractivity contribution in [2.24, 2.45) is 39.9 Å². The van der Waals surface area contributed by atoms with Gasteiger partial charge in [0, 0.05) is 18.4 Å². The molecule has 1 N–H and O–H groups in total. The summed E-state index contributed by atoms with van der Waals surface area (Å²) >= 11 is 0. The Morgan fingerprint density at radius 1 is 1.15 bits per heavy atom. The summed E-state index contributed by atoms with van der Waals surface area (Å²) in [5, 5.41) is 12.7. The molecule has 0 aromatic heterocycles. The molecular weight excluding hydrogens is 320 g/mol. The maximum absolute atomic E-state index is 12.9. The summed E-state index contributed by atoms with van der Waals surface area (Å²) in [6.45, 7) is 9.25. The zero-order valence-corrected chi connectivity index (χ0v) is 17.1. The van der Waals surface area contributed by atoms with Crippen LogP contribution in [0.25, 0.3) is 0 Å². The van der Waals surface area contributed by atoms with Gasteiger partial charge in [0.25, 0.3) is 0 Å². The van der Waals surface area contributed by atoms with Gasteiger partial charge in [-0.05, 0) is 78.9 Å². The number of piperidine rings is 1. The predicted octanol–water partition coefficient (Wildman–Crippen LogP) is 5.06. The number of fused-ring (bicyclic) bond motifs is 5. The number of carbonyl (C=O) groups excluding carboxylic acids is 1. The second-order valence-corrected chi connectivity index (χ2v) is 11.2. The number of carbonyl (C=O) groups is 1. The largest absolute Gasteiger partial charge is 0.353 e. The molecule has 0 spiro atoms. The molecule has 1 aliphatic heterocycles. The first-order chi connectivity index (χ1) is 12.2. The topological polar surface area (TPSA) is 52.9 Å². The van der Waals surface area contributed by atoms with Gasteiger partial charge in [0.05, 0.1) is 6.07 Å². The number of amides is 1. The third kappa shape index (κ3) is 2.54. The maximum Gasteiger partial charge on any atom is 0.223 e. The van der Waals surface area contributed by atoms with E-state index >= 15 is 0 Å². The van der Waals surface area contributed by atoms with Crippen LogP contribution in [0, 0.1) is 51.2 Å². The quantitative estimate of drug-likeness (QED) is 0.751. The Hall–Kier alpha value is -1.04. The van der Waals surface area contributed by atoms with Gasteiger partial charge in [0.2, 0.25) is 5.91 Å². The lowest BCUT2D eigenvalue weighted by molar-refractivity contribution is -0.149. The van der Waals surface area contributed by atoms with Crippen molar-refractivity contribution in [3.8, 4) is 6.07 Å². The summed E-state index contributed by atoms with van der Waals surface area (Å²) in [6, 6.07) is 2.67. The number of nitrogens with one attached hydrogen (secondary N) is 1. The number of hydrogen-bond acceptors (Lipinski definition) is 2. The molecule has 144 valence electrons. The summed E-state index contributed by atoms with van der Waals surface area (Å²) in [5.41, 5.74) is 0.552. The highest BCUT2D eigenvalue weighted by molar-refractivity contribution is 5.81. The van der Waals surface area contributed by atoms with Gasteiger partial charge in [-0.2, -0.15) is 5.26 Å². The molecule has 3 aliphatic carbocycles. The zero-order chi connectivity index (χ0) is 18.7. The van der Waals surface area contributed by atoms with E-state index in [1.54, 1.807) is 0 Å². The van der Waals surface area contributed by atoms with Crippen molar-refractivity contribution in [2.45, 2.75) is 91.5 Å². The van der Waals surface area contributed by atoms with Gasteiger partial charge >= 0.3 is 0 Å². The van der Waals surface area contributed by atoms with Gasteiger partial charge in [-0.1, -0.05) is 34.1 Å². The molecule has 26 heavy (non-hydrogen) atoms. The summed E-state index contributed by atoms with van der Waals surface area (Å²) in [5.74, 6) is 2.68. The molecule has 1 unspecified atom stereocenters. The van der Waals surface area contributed by atoms with Crippen LogP contribution in [0.1, 0.15) is 85.5 Å². The Morgan fingerprint density at radius 2 is 1.92 bits per heavy atom. The highest BCUT2D eigenvalue weighted by atomic mass is 16.2. The minimum Gasteiger partial charge on any atom is -0.353 e. The van der Waals surface area contributed by atoms with E-state index in [-0.39, 0.29) is 22.7 Å². The zero-order valence-electron chi connectivity index (χ0n) is 17.1. The Bertz CT molecular complexity index is 635. The monoisotopic (exact) mass is 356 g/mol. The molecule has 3 nitrogen and oxygen atoms in total. The fourth-order valence-corrected chi connectivity index (χ4v) is 7.74. The SMILES string of the molecule is CC(C)(CC#N)C1C[C@@]2(C)[C@@H](CC[C@H]3[C@@H]4CCC[C@@]4(C)CC[C@@H]32)NC1=O. The Labute approximate surface area is 159 Å². The minimum atomic E-state index is -0.240. The van der Waals surface area contributed by atoms with Crippen molar-refractivity contribution < 1.29 is 4.79 Å². The number of nitrogens with zero attached hydrogens (tertiary/aromatic N) is 1. The molecule has 3 saturated carbocycles. The van der Waals surface area contributed by atoms with Crippen LogP contribution in [0.4, 0.5) is 0 Å². The number of hydrogen-bond donors (Lipinski definition) is 1. The highest BCUT2D eigenvalue weighted by Gasteiger charge is 2.60. The van der Waals surface area contributed by atoms with Crippen molar-refractivity contribution >= 4 is 5.91 Å². The summed E-state index contributed by atoms with van der Waals surface area (Å²) < 4.78 is 0. The molecular formula is C23H36N2O. The molecule has 0 radical (unpaired) electrons. The lowest BCUT2D eigenvalue weighted by atomic mass is 9.46. The van der Waals surface area contributed by atoms with Gasteiger partial charge in [-0.25, -0.2) is 0 Å². The summed E-state index contributed by atoms with van der Waals surface area (Å²) in [7, 11) is 0. The van der Waals surface area contributed by atoms with Crippen LogP contribution in [0.3, 0.4) is 0 Å². The van der Waals surface area contributed by atoms with E-state index in [1.807, 2.05) is 0 Å².